The lowest BCUT2D eigenvalue weighted by atomic mass is 10.1. The number of carbonyl (C=O) groups excluding carboxylic acids is 1. The average molecular weight is 276 g/mol. The summed E-state index contributed by atoms with van der Waals surface area (Å²) in [5.74, 6) is -1.25. The van der Waals surface area contributed by atoms with Gasteiger partial charge in [-0.2, -0.15) is 0 Å². The third kappa shape index (κ3) is 3.15. The molecule has 1 aliphatic heterocycles. The average Bonchev–Trinajstić information content (AvgIpc) is 2.92. The van der Waals surface area contributed by atoms with Crippen LogP contribution in [0, 0.1) is 0 Å². The highest BCUT2D eigenvalue weighted by atomic mass is 16.4. The number of pyridine rings is 1. The third-order valence-corrected chi connectivity index (χ3v) is 3.72. The van der Waals surface area contributed by atoms with Gasteiger partial charge in [0.25, 0.3) is 5.91 Å². The van der Waals surface area contributed by atoms with Crippen molar-refractivity contribution < 1.29 is 14.7 Å². The zero-order valence-electron chi connectivity index (χ0n) is 11.7. The molecule has 1 aromatic rings. The van der Waals surface area contributed by atoms with Gasteiger partial charge in [0.1, 0.15) is 11.4 Å². The molecule has 1 fully saturated rings. The summed E-state index contributed by atoms with van der Waals surface area (Å²) in [5, 5.41) is 8.94. The Morgan fingerprint density at radius 2 is 2.15 bits per heavy atom. The van der Waals surface area contributed by atoms with E-state index in [0.717, 1.165) is 38.6 Å². The molecule has 2 rings (SSSR count). The lowest BCUT2D eigenvalue weighted by Gasteiger charge is -2.24. The second-order valence-electron chi connectivity index (χ2n) is 5.15. The Kier molecular flexibility index (Phi) is 4.71. The zero-order valence-corrected chi connectivity index (χ0v) is 11.7. The van der Waals surface area contributed by atoms with Crippen molar-refractivity contribution in [1.29, 1.82) is 0 Å². The van der Waals surface area contributed by atoms with Crippen LogP contribution < -0.4 is 0 Å². The van der Waals surface area contributed by atoms with Gasteiger partial charge in [0, 0.05) is 12.6 Å². The maximum absolute atomic E-state index is 12.5. The van der Waals surface area contributed by atoms with E-state index in [-0.39, 0.29) is 23.3 Å². The molecule has 5 nitrogen and oxygen atoms in total. The first-order valence-corrected chi connectivity index (χ1v) is 7.14. The molecule has 0 aliphatic carbocycles. The van der Waals surface area contributed by atoms with Crippen LogP contribution in [0.3, 0.4) is 0 Å². The normalized spacial score (nSPS) is 18.2. The summed E-state index contributed by atoms with van der Waals surface area (Å²) >= 11 is 0. The summed E-state index contributed by atoms with van der Waals surface area (Å²) in [7, 11) is 0. The predicted molar refractivity (Wildman–Crippen MR) is 74.8 cm³/mol. The van der Waals surface area contributed by atoms with E-state index in [1.54, 1.807) is 12.1 Å². The van der Waals surface area contributed by atoms with Gasteiger partial charge in [-0.05, 0) is 31.4 Å². The first-order valence-electron chi connectivity index (χ1n) is 7.14. The van der Waals surface area contributed by atoms with Gasteiger partial charge in [-0.15, -0.1) is 0 Å². The Hall–Kier alpha value is -1.91. The van der Waals surface area contributed by atoms with Crippen molar-refractivity contribution >= 4 is 11.9 Å². The number of hydrogen-bond acceptors (Lipinski definition) is 3. The highest BCUT2D eigenvalue weighted by molar-refractivity contribution is 5.94. The zero-order chi connectivity index (χ0) is 14.5. The summed E-state index contributed by atoms with van der Waals surface area (Å²) in [5.41, 5.74) is 0.147. The molecule has 1 atom stereocenters. The van der Waals surface area contributed by atoms with Crippen LogP contribution >= 0.6 is 0 Å². The molecule has 1 amide bonds. The second-order valence-corrected chi connectivity index (χ2v) is 5.15. The van der Waals surface area contributed by atoms with Crippen molar-refractivity contribution in [3.63, 3.8) is 0 Å². The van der Waals surface area contributed by atoms with Crippen LogP contribution in [0.2, 0.25) is 0 Å². The summed E-state index contributed by atoms with van der Waals surface area (Å²) in [6.45, 7) is 2.88. The maximum Gasteiger partial charge on any atom is 0.354 e. The number of aromatic nitrogens is 1. The van der Waals surface area contributed by atoms with Crippen molar-refractivity contribution in [2.24, 2.45) is 0 Å². The molecular weight excluding hydrogens is 256 g/mol. The minimum absolute atomic E-state index is 0.0832. The quantitative estimate of drug-likeness (QED) is 0.897. The van der Waals surface area contributed by atoms with Gasteiger partial charge >= 0.3 is 5.97 Å². The minimum Gasteiger partial charge on any atom is -0.477 e. The molecule has 5 heteroatoms. The Morgan fingerprint density at radius 1 is 1.40 bits per heavy atom. The SMILES string of the molecule is CCCC[C@H]1CCCN1C(=O)c1cccc(C(=O)O)n1. The van der Waals surface area contributed by atoms with Crippen LogP contribution in [-0.4, -0.2) is 39.5 Å². The van der Waals surface area contributed by atoms with E-state index < -0.39 is 5.97 Å². The molecule has 0 radical (unpaired) electrons. The van der Waals surface area contributed by atoms with Crippen LogP contribution in [0.5, 0.6) is 0 Å². The van der Waals surface area contributed by atoms with Crippen LogP contribution in [0.15, 0.2) is 18.2 Å². The molecule has 0 saturated carbocycles. The van der Waals surface area contributed by atoms with Crippen LogP contribution in [0.1, 0.15) is 60.0 Å². The Morgan fingerprint density at radius 3 is 2.85 bits per heavy atom. The molecular formula is C15H20N2O3. The lowest BCUT2D eigenvalue weighted by molar-refractivity contribution is 0.0689. The molecule has 20 heavy (non-hydrogen) atoms. The number of unbranched alkanes of at least 4 members (excludes halogenated alkanes) is 1. The molecule has 0 spiro atoms. The standard InChI is InChI=1S/C15H20N2O3/c1-2-3-6-11-7-5-10-17(11)14(18)12-8-4-9-13(16-12)15(19)20/h4,8-9,11H,2-3,5-7,10H2,1H3,(H,19,20)/t11-/m0/s1. The fraction of sp³-hybridized carbons (Fsp3) is 0.533. The second kappa shape index (κ2) is 6.50. The predicted octanol–water partition coefficient (Wildman–Crippen LogP) is 2.57. The van der Waals surface area contributed by atoms with Crippen molar-refractivity contribution in [2.75, 3.05) is 6.54 Å². The maximum atomic E-state index is 12.5. The van der Waals surface area contributed by atoms with E-state index in [4.69, 9.17) is 5.11 Å². The molecule has 1 aliphatic rings. The topological polar surface area (TPSA) is 70.5 Å². The molecule has 0 unspecified atom stereocenters. The van der Waals surface area contributed by atoms with E-state index in [0.29, 0.717) is 0 Å². The Balaban J connectivity index is 2.13. The number of carboxylic acids is 1. The molecule has 1 N–H and O–H groups in total. The summed E-state index contributed by atoms with van der Waals surface area (Å²) < 4.78 is 0. The van der Waals surface area contributed by atoms with Crippen LogP contribution in [0.4, 0.5) is 0 Å². The Bertz CT molecular complexity index is 502. The monoisotopic (exact) mass is 276 g/mol. The summed E-state index contributed by atoms with van der Waals surface area (Å²) in [4.78, 5) is 29.2. The molecule has 2 heterocycles. The highest BCUT2D eigenvalue weighted by Crippen LogP contribution is 2.23. The molecule has 1 saturated heterocycles. The first-order chi connectivity index (χ1) is 9.63. The van der Waals surface area contributed by atoms with E-state index in [2.05, 4.69) is 11.9 Å². The number of carbonyl (C=O) groups is 2. The van der Waals surface area contributed by atoms with Gasteiger partial charge in [-0.3, -0.25) is 4.79 Å². The van der Waals surface area contributed by atoms with E-state index >= 15 is 0 Å². The van der Waals surface area contributed by atoms with Crippen molar-refractivity contribution in [3.8, 4) is 0 Å². The number of hydrogen-bond donors (Lipinski definition) is 1. The van der Waals surface area contributed by atoms with Crippen LogP contribution in [-0.2, 0) is 0 Å². The summed E-state index contributed by atoms with van der Waals surface area (Å²) in [6.07, 6.45) is 5.28. The first kappa shape index (κ1) is 14.5. The van der Waals surface area contributed by atoms with Gasteiger partial charge in [0.15, 0.2) is 0 Å². The van der Waals surface area contributed by atoms with Crippen molar-refractivity contribution in [2.45, 2.75) is 45.1 Å². The van der Waals surface area contributed by atoms with Gasteiger partial charge in [-0.25, -0.2) is 9.78 Å². The molecule has 0 bridgehead atoms. The Labute approximate surface area is 118 Å². The number of rotatable bonds is 5. The fourth-order valence-electron chi connectivity index (χ4n) is 2.66. The van der Waals surface area contributed by atoms with Crippen molar-refractivity contribution in [1.82, 2.24) is 9.88 Å². The van der Waals surface area contributed by atoms with Gasteiger partial charge in [0.05, 0.1) is 0 Å². The minimum atomic E-state index is -1.11. The van der Waals surface area contributed by atoms with Crippen LogP contribution in [0.25, 0.3) is 0 Å². The number of likely N-dealkylation sites (tertiary alicyclic amines) is 1. The summed E-state index contributed by atoms with van der Waals surface area (Å²) in [6, 6.07) is 4.83. The number of amides is 1. The fourth-order valence-corrected chi connectivity index (χ4v) is 2.66. The van der Waals surface area contributed by atoms with E-state index in [9.17, 15) is 9.59 Å². The van der Waals surface area contributed by atoms with Gasteiger partial charge < -0.3 is 10.0 Å². The lowest BCUT2D eigenvalue weighted by Crippen LogP contribution is -2.36. The number of aromatic carboxylic acids is 1. The van der Waals surface area contributed by atoms with Gasteiger partial charge in [-0.1, -0.05) is 25.8 Å². The van der Waals surface area contributed by atoms with E-state index in [1.165, 1.54) is 6.07 Å². The largest absolute Gasteiger partial charge is 0.477 e. The third-order valence-electron chi connectivity index (χ3n) is 3.72. The number of nitrogens with zero attached hydrogens (tertiary/aromatic N) is 2. The molecule has 1 aromatic heterocycles. The van der Waals surface area contributed by atoms with E-state index in [1.807, 2.05) is 4.90 Å². The smallest absolute Gasteiger partial charge is 0.354 e. The highest BCUT2D eigenvalue weighted by Gasteiger charge is 2.29. The van der Waals surface area contributed by atoms with Gasteiger partial charge in [0.2, 0.25) is 0 Å². The molecule has 0 aromatic carbocycles. The number of carboxylic acid groups (broad SMARTS) is 1. The van der Waals surface area contributed by atoms with Crippen molar-refractivity contribution in [3.05, 3.63) is 29.6 Å². The molecule has 108 valence electrons.